The van der Waals surface area contributed by atoms with Crippen molar-refractivity contribution in [2.24, 2.45) is 0 Å². The molecular weight excluding hydrogens is 416 g/mol. The highest BCUT2D eigenvalue weighted by molar-refractivity contribution is 5.90. The van der Waals surface area contributed by atoms with E-state index in [-0.39, 0.29) is 24.6 Å². The lowest BCUT2D eigenvalue weighted by atomic mass is 10.1. The lowest BCUT2D eigenvalue weighted by Crippen LogP contribution is -2.47. The van der Waals surface area contributed by atoms with Crippen LogP contribution in [0.3, 0.4) is 0 Å². The summed E-state index contributed by atoms with van der Waals surface area (Å²) in [4.78, 5) is 36.1. The van der Waals surface area contributed by atoms with Gasteiger partial charge in [0.15, 0.2) is 5.79 Å². The number of carbonyl (C=O) groups excluding carboxylic acids is 3. The van der Waals surface area contributed by atoms with Crippen LogP contribution in [-0.4, -0.2) is 48.1 Å². The molecule has 176 valence electrons. The number of rotatable bonds is 7. The molecule has 1 aliphatic rings. The second kappa shape index (κ2) is 10.3. The van der Waals surface area contributed by atoms with Gasteiger partial charge in [-0.2, -0.15) is 0 Å². The Morgan fingerprint density at radius 2 is 1.69 bits per heavy atom. The van der Waals surface area contributed by atoms with Crippen LogP contribution in [0.5, 0.6) is 5.75 Å². The Morgan fingerprint density at radius 3 is 2.25 bits per heavy atom. The van der Waals surface area contributed by atoms with Crippen LogP contribution >= 0.6 is 0 Å². The average Bonchev–Trinajstić information content (AvgIpc) is 2.63. The molecule has 0 saturated carbocycles. The first-order valence-electron chi connectivity index (χ1n) is 10.5. The number of hydrogen-bond donors (Lipinski definition) is 0. The summed E-state index contributed by atoms with van der Waals surface area (Å²) >= 11 is 0. The second-order valence-electron chi connectivity index (χ2n) is 9.20. The average molecular weight is 449 g/mol. The van der Waals surface area contributed by atoms with E-state index in [1.54, 1.807) is 41.5 Å². The van der Waals surface area contributed by atoms with E-state index >= 15 is 0 Å². The fourth-order valence-corrected chi connectivity index (χ4v) is 3.12. The molecule has 8 nitrogen and oxygen atoms in total. The van der Waals surface area contributed by atoms with Gasteiger partial charge in [-0.1, -0.05) is 6.58 Å². The summed E-state index contributed by atoms with van der Waals surface area (Å²) in [7, 11) is 0. The highest BCUT2D eigenvalue weighted by Crippen LogP contribution is 2.29. The highest BCUT2D eigenvalue weighted by atomic mass is 16.7. The molecule has 1 aliphatic heterocycles. The zero-order valence-corrected chi connectivity index (χ0v) is 19.6. The molecule has 2 unspecified atom stereocenters. The molecule has 0 aromatic heterocycles. The maximum atomic E-state index is 12.4. The van der Waals surface area contributed by atoms with Crippen LogP contribution in [0, 0.1) is 0 Å². The van der Waals surface area contributed by atoms with Crippen molar-refractivity contribution in [3.63, 3.8) is 0 Å². The number of ether oxygens (including phenoxy) is 5. The number of esters is 3. The Hall–Kier alpha value is -2.71. The quantitative estimate of drug-likeness (QED) is 0.351. The van der Waals surface area contributed by atoms with Crippen molar-refractivity contribution in [1.82, 2.24) is 0 Å². The molecule has 1 aromatic rings. The fraction of sp³-hybridized carbons (Fsp3) is 0.542. The third-order valence-electron chi connectivity index (χ3n) is 4.29. The van der Waals surface area contributed by atoms with Crippen molar-refractivity contribution in [3.8, 4) is 5.75 Å². The van der Waals surface area contributed by atoms with E-state index < -0.39 is 35.5 Å². The molecular formula is C24H32O8. The molecule has 0 amide bonds. The molecule has 32 heavy (non-hydrogen) atoms. The van der Waals surface area contributed by atoms with E-state index in [2.05, 4.69) is 6.58 Å². The SMILES string of the molecule is C=C(C)C(=O)Oc1ccc(C(=O)OCC2CC(CC(=O)OC(C)(C)C)OC(C)(C)O2)cc1. The maximum absolute atomic E-state index is 12.4. The summed E-state index contributed by atoms with van der Waals surface area (Å²) in [6, 6.07) is 6.01. The Kier molecular flexibility index (Phi) is 8.20. The third-order valence-corrected chi connectivity index (χ3v) is 4.29. The van der Waals surface area contributed by atoms with Crippen molar-refractivity contribution >= 4 is 17.9 Å². The standard InChI is InChI=1S/C24H32O8/c1-15(2)21(26)29-17-10-8-16(9-11-17)22(27)28-14-19-12-18(30-24(6,7)31-19)13-20(25)32-23(3,4)5/h8-11,18-19H,1,12-14H2,2-7H3. The van der Waals surface area contributed by atoms with Crippen LogP contribution in [0.1, 0.15) is 64.7 Å². The monoisotopic (exact) mass is 448 g/mol. The minimum atomic E-state index is -0.934. The van der Waals surface area contributed by atoms with E-state index in [0.29, 0.717) is 17.7 Å². The van der Waals surface area contributed by atoms with Gasteiger partial charge in [-0.15, -0.1) is 0 Å². The van der Waals surface area contributed by atoms with Gasteiger partial charge in [0.2, 0.25) is 0 Å². The topological polar surface area (TPSA) is 97.4 Å². The highest BCUT2D eigenvalue weighted by Gasteiger charge is 2.37. The van der Waals surface area contributed by atoms with Crippen LogP contribution in [0.2, 0.25) is 0 Å². The molecule has 0 N–H and O–H groups in total. The van der Waals surface area contributed by atoms with Crippen molar-refractivity contribution in [2.75, 3.05) is 6.61 Å². The van der Waals surface area contributed by atoms with Gasteiger partial charge in [0.1, 0.15) is 18.0 Å². The van der Waals surface area contributed by atoms with Crippen LogP contribution in [0.4, 0.5) is 0 Å². The lowest BCUT2D eigenvalue weighted by Gasteiger charge is -2.40. The maximum Gasteiger partial charge on any atom is 0.338 e. The third kappa shape index (κ3) is 8.43. The fourth-order valence-electron chi connectivity index (χ4n) is 3.12. The van der Waals surface area contributed by atoms with Crippen molar-refractivity contribution < 1.29 is 38.1 Å². The minimum absolute atomic E-state index is 0.00282. The van der Waals surface area contributed by atoms with E-state index in [9.17, 15) is 14.4 Å². The predicted molar refractivity (Wildman–Crippen MR) is 116 cm³/mol. The zero-order valence-electron chi connectivity index (χ0n) is 19.6. The summed E-state index contributed by atoms with van der Waals surface area (Å²) in [5.41, 5.74) is 0.0000440. The number of hydrogen-bond acceptors (Lipinski definition) is 8. The normalized spacial score (nSPS) is 20.2. The molecule has 0 spiro atoms. The molecule has 0 radical (unpaired) electrons. The largest absolute Gasteiger partial charge is 0.460 e. The molecule has 2 rings (SSSR count). The molecule has 1 saturated heterocycles. The molecule has 1 heterocycles. The van der Waals surface area contributed by atoms with E-state index in [1.807, 2.05) is 0 Å². The van der Waals surface area contributed by atoms with E-state index in [1.165, 1.54) is 24.3 Å². The summed E-state index contributed by atoms with van der Waals surface area (Å²) in [5, 5.41) is 0. The summed E-state index contributed by atoms with van der Waals surface area (Å²) < 4.78 is 27.5. The Balaban J connectivity index is 1.91. The number of carbonyl (C=O) groups is 3. The van der Waals surface area contributed by atoms with Crippen molar-refractivity contribution in [2.45, 2.75) is 78.0 Å². The van der Waals surface area contributed by atoms with Gasteiger partial charge >= 0.3 is 17.9 Å². The van der Waals surface area contributed by atoms with Crippen molar-refractivity contribution in [1.29, 1.82) is 0 Å². The van der Waals surface area contributed by atoms with E-state index in [0.717, 1.165) is 0 Å². The van der Waals surface area contributed by atoms with Gasteiger partial charge in [-0.05, 0) is 65.8 Å². The molecule has 1 aromatic carbocycles. The Morgan fingerprint density at radius 1 is 1.09 bits per heavy atom. The molecule has 1 fully saturated rings. The summed E-state index contributed by atoms with van der Waals surface area (Å²) in [5.74, 6) is -2.08. The van der Waals surface area contributed by atoms with Crippen LogP contribution < -0.4 is 4.74 Å². The van der Waals surface area contributed by atoms with Gasteiger partial charge in [0.25, 0.3) is 0 Å². The van der Waals surface area contributed by atoms with Crippen LogP contribution in [0.25, 0.3) is 0 Å². The van der Waals surface area contributed by atoms with Crippen LogP contribution in [-0.2, 0) is 28.5 Å². The van der Waals surface area contributed by atoms with Gasteiger partial charge in [-0.25, -0.2) is 9.59 Å². The zero-order chi connectivity index (χ0) is 24.1. The molecule has 2 atom stereocenters. The van der Waals surface area contributed by atoms with Crippen LogP contribution in [0.15, 0.2) is 36.4 Å². The predicted octanol–water partition coefficient (Wildman–Crippen LogP) is 3.97. The molecule has 0 bridgehead atoms. The van der Waals surface area contributed by atoms with Gasteiger partial charge in [-0.3, -0.25) is 4.79 Å². The summed E-state index contributed by atoms with van der Waals surface area (Å²) in [6.07, 6.45) is -0.393. The first-order valence-corrected chi connectivity index (χ1v) is 10.5. The first-order chi connectivity index (χ1) is 14.7. The Bertz CT molecular complexity index is 848. The van der Waals surface area contributed by atoms with Crippen molar-refractivity contribution in [3.05, 3.63) is 42.0 Å². The number of benzene rings is 1. The Labute approximate surface area is 188 Å². The minimum Gasteiger partial charge on any atom is -0.460 e. The second-order valence-corrected chi connectivity index (χ2v) is 9.20. The molecule has 8 heteroatoms. The molecule has 0 aliphatic carbocycles. The van der Waals surface area contributed by atoms with E-state index in [4.69, 9.17) is 23.7 Å². The van der Waals surface area contributed by atoms with Gasteiger partial charge in [0.05, 0.1) is 24.2 Å². The smallest absolute Gasteiger partial charge is 0.338 e. The first kappa shape index (κ1) is 25.5. The summed E-state index contributed by atoms with van der Waals surface area (Å²) in [6.45, 7) is 14.0. The van der Waals surface area contributed by atoms with Gasteiger partial charge in [0, 0.05) is 12.0 Å². The lowest BCUT2D eigenvalue weighted by molar-refractivity contribution is -0.304. The van der Waals surface area contributed by atoms with Gasteiger partial charge < -0.3 is 23.7 Å².